The van der Waals surface area contributed by atoms with Crippen LogP contribution in [0.1, 0.15) is 19.4 Å². The summed E-state index contributed by atoms with van der Waals surface area (Å²) in [6.07, 6.45) is 3.54. The topological polar surface area (TPSA) is 88.5 Å². The number of carbonyl (C=O) groups excluding carboxylic acids is 1. The minimum Gasteiger partial charge on any atom is -0.354 e. The summed E-state index contributed by atoms with van der Waals surface area (Å²) in [7, 11) is -2.24. The van der Waals surface area contributed by atoms with E-state index in [4.69, 9.17) is 0 Å². The van der Waals surface area contributed by atoms with Crippen LogP contribution in [0.15, 0.2) is 44.8 Å². The molecule has 9 heteroatoms. The molecule has 0 unspecified atom stereocenters. The average molecular weight is 440 g/mol. The van der Waals surface area contributed by atoms with E-state index in [0.29, 0.717) is 6.42 Å². The van der Waals surface area contributed by atoms with Gasteiger partial charge in [0, 0.05) is 38.1 Å². The summed E-state index contributed by atoms with van der Waals surface area (Å²) in [5.41, 5.74) is 1.03. The lowest BCUT2D eigenvalue weighted by atomic mass is 10.1. The largest absolute Gasteiger partial charge is 0.354 e. The Bertz CT molecular complexity index is 1060. The summed E-state index contributed by atoms with van der Waals surface area (Å²) in [5, 5.41) is 0. The van der Waals surface area contributed by atoms with Crippen LogP contribution in [0.2, 0.25) is 0 Å². The van der Waals surface area contributed by atoms with Crippen LogP contribution in [0.25, 0.3) is 0 Å². The van der Waals surface area contributed by atoms with Crippen LogP contribution in [0, 0.1) is 0 Å². The zero-order valence-electron chi connectivity index (χ0n) is 14.5. The lowest BCUT2D eigenvalue weighted by Gasteiger charge is -2.20. The van der Waals surface area contributed by atoms with Gasteiger partial charge in [0.15, 0.2) is 0 Å². The Morgan fingerprint density at radius 1 is 1.31 bits per heavy atom. The number of sulfonamides is 1. The first-order chi connectivity index (χ1) is 12.1. The highest BCUT2D eigenvalue weighted by Gasteiger charge is 2.30. The molecule has 0 saturated carbocycles. The van der Waals surface area contributed by atoms with E-state index in [1.165, 1.54) is 19.2 Å². The van der Waals surface area contributed by atoms with E-state index in [0.717, 1.165) is 11.3 Å². The van der Waals surface area contributed by atoms with E-state index in [-0.39, 0.29) is 27.0 Å². The zero-order valence-corrected chi connectivity index (χ0v) is 16.9. The molecule has 1 amide bonds. The molecule has 7 nitrogen and oxygen atoms in total. The smallest absolute Gasteiger partial charge is 0.262 e. The minimum atomic E-state index is -3.93. The number of amides is 1. The second-order valence-corrected chi connectivity index (χ2v) is 8.89. The number of nitrogens with zero attached hydrogens (tertiary/aromatic N) is 2. The first kappa shape index (κ1) is 18.7. The predicted octanol–water partition coefficient (Wildman–Crippen LogP) is 2.25. The molecule has 3 rings (SSSR count). The zero-order chi connectivity index (χ0) is 19.2. The summed E-state index contributed by atoms with van der Waals surface area (Å²) < 4.78 is 29.6. The number of aromatic nitrogens is 1. The summed E-state index contributed by atoms with van der Waals surface area (Å²) in [5.74, 6) is -0.0809. The summed E-state index contributed by atoms with van der Waals surface area (Å²) in [6.45, 7) is 3.40. The molecule has 1 aromatic heterocycles. The number of benzene rings is 1. The number of nitrogens with one attached hydrogen (secondary N) is 1. The van der Waals surface area contributed by atoms with Gasteiger partial charge >= 0.3 is 0 Å². The quantitative estimate of drug-likeness (QED) is 0.793. The van der Waals surface area contributed by atoms with Gasteiger partial charge in [0.2, 0.25) is 11.3 Å². The Morgan fingerprint density at radius 3 is 2.65 bits per heavy atom. The van der Waals surface area contributed by atoms with Gasteiger partial charge in [0.25, 0.3) is 10.0 Å². The molecule has 0 fully saturated rings. The van der Waals surface area contributed by atoms with Gasteiger partial charge in [-0.3, -0.25) is 14.3 Å². The van der Waals surface area contributed by atoms with Gasteiger partial charge in [-0.15, -0.1) is 0 Å². The number of rotatable bonds is 3. The number of pyridine rings is 1. The standard InChI is InChI=1S/C17H18BrN3O4S/c1-10-6-12-7-13(4-5-16(12)21(10)11(2)22)26(24,25)19-15-9-20(3)8-14(18)17(15)23/h4-5,7-10,19H,6H2,1-3H3/t10-/m1/s1. The van der Waals surface area contributed by atoms with E-state index in [1.54, 1.807) is 34.8 Å². The molecular weight excluding hydrogens is 422 g/mol. The normalized spacial score (nSPS) is 16.5. The second kappa shape index (κ2) is 6.55. The highest BCUT2D eigenvalue weighted by atomic mass is 79.9. The minimum absolute atomic E-state index is 0.0224. The molecule has 1 aromatic carbocycles. The van der Waals surface area contributed by atoms with Gasteiger partial charge in [-0.05, 0) is 53.0 Å². The Kier molecular flexibility index (Phi) is 4.70. The van der Waals surface area contributed by atoms with Crippen molar-refractivity contribution >= 4 is 43.2 Å². The van der Waals surface area contributed by atoms with Gasteiger partial charge in [0.05, 0.1) is 9.37 Å². The Morgan fingerprint density at radius 2 is 2.00 bits per heavy atom. The van der Waals surface area contributed by atoms with Crippen LogP contribution in [-0.2, 0) is 28.3 Å². The summed E-state index contributed by atoms with van der Waals surface area (Å²) >= 11 is 3.12. The predicted molar refractivity (Wildman–Crippen MR) is 103 cm³/mol. The molecule has 0 radical (unpaired) electrons. The average Bonchev–Trinajstić information content (AvgIpc) is 2.86. The van der Waals surface area contributed by atoms with Crippen LogP contribution in [0.3, 0.4) is 0 Å². The van der Waals surface area contributed by atoms with Crippen LogP contribution in [0.4, 0.5) is 11.4 Å². The lowest BCUT2D eigenvalue weighted by molar-refractivity contribution is -0.116. The van der Waals surface area contributed by atoms with Crippen molar-refractivity contribution in [1.82, 2.24) is 4.57 Å². The fraction of sp³-hybridized carbons (Fsp3) is 0.294. The van der Waals surface area contributed by atoms with Gasteiger partial charge < -0.3 is 9.47 Å². The third-order valence-corrected chi connectivity index (χ3v) is 6.20. The molecule has 1 aliphatic rings. The molecule has 26 heavy (non-hydrogen) atoms. The van der Waals surface area contributed by atoms with Crippen molar-refractivity contribution in [3.63, 3.8) is 0 Å². The number of fused-ring (bicyclic) bond motifs is 1. The van der Waals surface area contributed by atoms with E-state index in [2.05, 4.69) is 20.7 Å². The lowest BCUT2D eigenvalue weighted by Crippen LogP contribution is -2.33. The summed E-state index contributed by atoms with van der Waals surface area (Å²) in [6, 6.07) is 4.61. The van der Waals surface area contributed by atoms with Crippen LogP contribution in [0.5, 0.6) is 0 Å². The first-order valence-electron chi connectivity index (χ1n) is 7.91. The van der Waals surface area contributed by atoms with E-state index < -0.39 is 15.5 Å². The molecular formula is C17H18BrN3O4S. The van der Waals surface area contributed by atoms with Crippen molar-refractivity contribution in [2.45, 2.75) is 31.2 Å². The van der Waals surface area contributed by atoms with Crippen molar-refractivity contribution in [1.29, 1.82) is 0 Å². The van der Waals surface area contributed by atoms with Crippen molar-refractivity contribution < 1.29 is 13.2 Å². The number of anilines is 2. The van der Waals surface area contributed by atoms with Crippen molar-refractivity contribution in [2.75, 3.05) is 9.62 Å². The highest BCUT2D eigenvalue weighted by molar-refractivity contribution is 9.10. The third kappa shape index (κ3) is 3.28. The van der Waals surface area contributed by atoms with Gasteiger partial charge in [-0.25, -0.2) is 8.42 Å². The fourth-order valence-corrected chi connectivity index (χ4v) is 4.83. The maximum absolute atomic E-state index is 12.7. The molecule has 1 atom stereocenters. The first-order valence-corrected chi connectivity index (χ1v) is 10.2. The Hall–Kier alpha value is -2.13. The Labute approximate surface area is 159 Å². The number of hydrogen-bond donors (Lipinski definition) is 1. The fourth-order valence-electron chi connectivity index (χ4n) is 3.20. The maximum atomic E-state index is 12.7. The molecule has 1 aliphatic heterocycles. The van der Waals surface area contributed by atoms with Crippen LogP contribution >= 0.6 is 15.9 Å². The molecule has 0 saturated heterocycles. The van der Waals surface area contributed by atoms with E-state index >= 15 is 0 Å². The monoisotopic (exact) mass is 439 g/mol. The maximum Gasteiger partial charge on any atom is 0.262 e. The summed E-state index contributed by atoms with van der Waals surface area (Å²) in [4.78, 5) is 25.7. The number of hydrogen-bond acceptors (Lipinski definition) is 4. The molecule has 138 valence electrons. The molecule has 2 aromatic rings. The van der Waals surface area contributed by atoms with Gasteiger partial charge in [-0.2, -0.15) is 0 Å². The third-order valence-electron chi connectivity index (χ3n) is 4.27. The van der Waals surface area contributed by atoms with Gasteiger partial charge in [0.1, 0.15) is 5.69 Å². The highest BCUT2D eigenvalue weighted by Crippen LogP contribution is 2.34. The van der Waals surface area contributed by atoms with Crippen LogP contribution in [-0.4, -0.2) is 24.9 Å². The molecule has 0 bridgehead atoms. The molecule has 0 spiro atoms. The Balaban J connectivity index is 1.99. The molecule has 2 heterocycles. The number of halogens is 1. The van der Waals surface area contributed by atoms with Crippen molar-refractivity contribution in [3.8, 4) is 0 Å². The molecule has 0 aliphatic carbocycles. The van der Waals surface area contributed by atoms with Crippen molar-refractivity contribution in [2.24, 2.45) is 7.05 Å². The molecule has 1 N–H and O–H groups in total. The van der Waals surface area contributed by atoms with E-state index in [1.807, 2.05) is 6.92 Å². The van der Waals surface area contributed by atoms with Gasteiger partial charge in [-0.1, -0.05) is 0 Å². The number of aryl methyl sites for hydroxylation is 1. The second-order valence-electron chi connectivity index (χ2n) is 6.35. The number of carbonyl (C=O) groups is 1. The van der Waals surface area contributed by atoms with E-state index in [9.17, 15) is 18.0 Å². The van der Waals surface area contributed by atoms with Crippen molar-refractivity contribution in [3.05, 3.63) is 50.9 Å². The van der Waals surface area contributed by atoms with Crippen LogP contribution < -0.4 is 15.1 Å². The SMILES string of the molecule is CC(=O)N1c2ccc(S(=O)(=O)Nc3cn(C)cc(Br)c3=O)cc2C[C@H]1C.